The second kappa shape index (κ2) is 5.19. The Kier molecular flexibility index (Phi) is 3.90. The van der Waals surface area contributed by atoms with Gasteiger partial charge in [-0.1, -0.05) is 0 Å². The number of anilines is 1. The van der Waals surface area contributed by atoms with Crippen LogP contribution in [0.1, 0.15) is 5.56 Å². The number of nitriles is 2. The quantitative estimate of drug-likeness (QED) is 0.652. The second-order valence-electron chi connectivity index (χ2n) is 3.12. The number of allylic oxidation sites excluding steroid dienone is 1. The Morgan fingerprint density at radius 1 is 1.22 bits per heavy atom. The van der Waals surface area contributed by atoms with Crippen molar-refractivity contribution in [2.45, 2.75) is 6.18 Å². The summed E-state index contributed by atoms with van der Waals surface area (Å²) in [6, 6.07) is 4.92. The minimum atomic E-state index is -4.63. The highest BCUT2D eigenvalue weighted by Gasteiger charge is 2.31. The van der Waals surface area contributed by atoms with Crippen molar-refractivity contribution in [3.8, 4) is 12.1 Å². The van der Waals surface area contributed by atoms with Gasteiger partial charge in [-0.2, -0.15) is 23.7 Å². The number of nitrogens with zero attached hydrogens (tertiary/aromatic N) is 2. The maximum Gasteiger partial charge on any atom is 0.416 e. The van der Waals surface area contributed by atoms with E-state index in [4.69, 9.17) is 10.5 Å². The van der Waals surface area contributed by atoms with Crippen molar-refractivity contribution in [1.82, 2.24) is 0 Å². The SMILES string of the molecule is N#CC(C#N)=CNc1ccc(C(F)(F)F)cc1F. The summed E-state index contributed by atoms with van der Waals surface area (Å²) >= 11 is 0. The van der Waals surface area contributed by atoms with Crippen molar-refractivity contribution < 1.29 is 17.6 Å². The molecule has 0 unspecified atom stereocenters. The highest BCUT2D eigenvalue weighted by atomic mass is 19.4. The molecule has 0 fully saturated rings. The van der Waals surface area contributed by atoms with E-state index < -0.39 is 17.6 Å². The molecule has 0 saturated heterocycles. The van der Waals surface area contributed by atoms with E-state index in [9.17, 15) is 17.6 Å². The molecule has 0 aromatic heterocycles. The molecule has 0 aliphatic rings. The van der Waals surface area contributed by atoms with E-state index in [0.29, 0.717) is 12.1 Å². The standard InChI is InChI=1S/C11H5F4N3/c12-9-3-8(11(13,14)15)1-2-10(9)18-6-7(4-16)5-17/h1-3,6,18H. The Morgan fingerprint density at radius 3 is 2.28 bits per heavy atom. The van der Waals surface area contributed by atoms with Crippen molar-refractivity contribution in [3.63, 3.8) is 0 Å². The van der Waals surface area contributed by atoms with Crippen LogP contribution in [0.2, 0.25) is 0 Å². The lowest BCUT2D eigenvalue weighted by molar-refractivity contribution is -0.137. The average molecular weight is 255 g/mol. The molecule has 0 spiro atoms. The molecule has 3 nitrogen and oxygen atoms in total. The predicted octanol–water partition coefficient (Wildman–Crippen LogP) is 3.19. The van der Waals surface area contributed by atoms with Gasteiger partial charge in [0.15, 0.2) is 0 Å². The number of benzene rings is 1. The van der Waals surface area contributed by atoms with E-state index >= 15 is 0 Å². The minimum Gasteiger partial charge on any atom is -0.357 e. The van der Waals surface area contributed by atoms with Gasteiger partial charge >= 0.3 is 6.18 Å². The first-order chi connectivity index (χ1) is 8.38. The molecule has 92 valence electrons. The van der Waals surface area contributed by atoms with Crippen LogP contribution in [0.5, 0.6) is 0 Å². The Bertz CT molecular complexity index is 545. The van der Waals surface area contributed by atoms with Gasteiger partial charge in [0.25, 0.3) is 0 Å². The van der Waals surface area contributed by atoms with E-state index in [1.807, 2.05) is 0 Å². The van der Waals surface area contributed by atoms with Crippen LogP contribution in [-0.4, -0.2) is 0 Å². The van der Waals surface area contributed by atoms with Crippen LogP contribution in [0, 0.1) is 28.5 Å². The summed E-state index contributed by atoms with van der Waals surface area (Å²) in [5.74, 6) is -1.13. The number of hydrogen-bond acceptors (Lipinski definition) is 3. The van der Waals surface area contributed by atoms with Gasteiger partial charge in [-0.05, 0) is 18.2 Å². The highest BCUT2D eigenvalue weighted by Crippen LogP contribution is 2.31. The van der Waals surface area contributed by atoms with Crippen molar-refractivity contribution in [3.05, 3.63) is 41.4 Å². The van der Waals surface area contributed by atoms with Gasteiger partial charge < -0.3 is 5.32 Å². The summed E-state index contributed by atoms with van der Waals surface area (Å²) in [5, 5.41) is 19.0. The maximum atomic E-state index is 13.3. The normalized spacial score (nSPS) is 10.1. The lowest BCUT2D eigenvalue weighted by atomic mass is 10.2. The van der Waals surface area contributed by atoms with Crippen molar-refractivity contribution in [1.29, 1.82) is 10.5 Å². The van der Waals surface area contributed by atoms with E-state index in [1.54, 1.807) is 0 Å². The molecule has 0 bridgehead atoms. The van der Waals surface area contributed by atoms with Gasteiger partial charge in [-0.3, -0.25) is 0 Å². The molecular formula is C11H5F4N3. The van der Waals surface area contributed by atoms with Crippen LogP contribution in [-0.2, 0) is 6.18 Å². The first-order valence-electron chi connectivity index (χ1n) is 4.52. The van der Waals surface area contributed by atoms with Crippen molar-refractivity contribution in [2.75, 3.05) is 5.32 Å². The minimum absolute atomic E-state index is 0.258. The molecule has 0 radical (unpaired) electrons. The van der Waals surface area contributed by atoms with E-state index in [0.717, 1.165) is 12.3 Å². The first-order valence-corrected chi connectivity index (χ1v) is 4.52. The van der Waals surface area contributed by atoms with Gasteiger partial charge in [0.05, 0.1) is 11.3 Å². The smallest absolute Gasteiger partial charge is 0.357 e. The molecule has 0 amide bonds. The number of hydrogen-bond donors (Lipinski definition) is 1. The fourth-order valence-corrected chi connectivity index (χ4v) is 1.05. The Labute approximate surface area is 99.6 Å². The molecule has 0 heterocycles. The second-order valence-corrected chi connectivity index (χ2v) is 3.12. The Morgan fingerprint density at radius 2 is 1.83 bits per heavy atom. The fraction of sp³-hybridized carbons (Fsp3) is 0.0909. The topological polar surface area (TPSA) is 59.6 Å². The largest absolute Gasteiger partial charge is 0.416 e. The molecule has 1 N–H and O–H groups in total. The lowest BCUT2D eigenvalue weighted by Crippen LogP contribution is -2.06. The van der Waals surface area contributed by atoms with Crippen LogP contribution < -0.4 is 5.32 Å². The van der Waals surface area contributed by atoms with Gasteiger partial charge in [0.1, 0.15) is 23.5 Å². The molecule has 0 aliphatic carbocycles. The molecule has 1 aromatic carbocycles. The van der Waals surface area contributed by atoms with Crippen molar-refractivity contribution >= 4 is 5.69 Å². The van der Waals surface area contributed by atoms with E-state index in [1.165, 1.54) is 12.1 Å². The Balaban J connectivity index is 2.99. The third-order valence-corrected chi connectivity index (χ3v) is 1.91. The summed E-state index contributed by atoms with van der Waals surface area (Å²) in [4.78, 5) is 0. The van der Waals surface area contributed by atoms with E-state index in [2.05, 4.69) is 5.32 Å². The van der Waals surface area contributed by atoms with Crippen molar-refractivity contribution in [2.24, 2.45) is 0 Å². The number of nitrogens with one attached hydrogen (secondary N) is 1. The number of halogens is 4. The fourth-order valence-electron chi connectivity index (χ4n) is 1.05. The molecule has 18 heavy (non-hydrogen) atoms. The Hall–Kier alpha value is -2.54. The summed E-state index contributed by atoms with van der Waals surface area (Å²) in [7, 11) is 0. The highest BCUT2D eigenvalue weighted by molar-refractivity contribution is 5.51. The molecule has 0 aliphatic heterocycles. The lowest BCUT2D eigenvalue weighted by Gasteiger charge is -2.08. The number of rotatable bonds is 2. The van der Waals surface area contributed by atoms with Gasteiger partial charge in [0, 0.05) is 6.20 Å². The molecule has 7 heteroatoms. The molecule has 1 aromatic rings. The van der Waals surface area contributed by atoms with Crippen LogP contribution in [0.4, 0.5) is 23.2 Å². The van der Waals surface area contributed by atoms with Gasteiger partial charge in [-0.25, -0.2) is 4.39 Å². The summed E-state index contributed by atoms with van der Waals surface area (Å²) in [6.45, 7) is 0. The zero-order valence-electron chi connectivity index (χ0n) is 8.72. The van der Waals surface area contributed by atoms with Crippen LogP contribution >= 0.6 is 0 Å². The summed E-state index contributed by atoms with van der Waals surface area (Å²) in [5.41, 5.74) is -1.70. The maximum absolute atomic E-state index is 13.3. The first kappa shape index (κ1) is 13.5. The third kappa shape index (κ3) is 3.22. The zero-order chi connectivity index (χ0) is 13.8. The van der Waals surface area contributed by atoms with E-state index in [-0.39, 0.29) is 11.3 Å². The molecular weight excluding hydrogens is 250 g/mol. The van der Waals surface area contributed by atoms with Crippen LogP contribution in [0.25, 0.3) is 0 Å². The molecule has 1 rings (SSSR count). The van der Waals surface area contributed by atoms with Gasteiger partial charge in [0.2, 0.25) is 0 Å². The van der Waals surface area contributed by atoms with Gasteiger partial charge in [-0.15, -0.1) is 0 Å². The summed E-state index contributed by atoms with van der Waals surface area (Å²) in [6.07, 6.45) is -3.72. The molecule has 0 atom stereocenters. The average Bonchev–Trinajstić information content (AvgIpc) is 2.30. The zero-order valence-corrected chi connectivity index (χ0v) is 8.72. The molecule has 0 saturated carbocycles. The monoisotopic (exact) mass is 255 g/mol. The van der Waals surface area contributed by atoms with Crippen LogP contribution in [0.15, 0.2) is 30.0 Å². The third-order valence-electron chi connectivity index (χ3n) is 1.91. The number of alkyl halides is 3. The van der Waals surface area contributed by atoms with Crippen LogP contribution in [0.3, 0.4) is 0 Å². The summed E-state index contributed by atoms with van der Waals surface area (Å²) < 4.78 is 50.0. The predicted molar refractivity (Wildman–Crippen MR) is 54.3 cm³/mol.